The lowest BCUT2D eigenvalue weighted by Crippen LogP contribution is -2.14. The second-order valence-electron chi connectivity index (χ2n) is 10.4. The number of unbranched alkanes of at least 4 members (excludes halogenated alkanes) is 3. The zero-order valence-electron chi connectivity index (χ0n) is 20.4. The van der Waals surface area contributed by atoms with Gasteiger partial charge in [0.25, 0.3) is 0 Å². The van der Waals surface area contributed by atoms with Gasteiger partial charge in [-0.2, -0.15) is 0 Å². The summed E-state index contributed by atoms with van der Waals surface area (Å²) in [7, 11) is 0. The Balaban J connectivity index is 1.40. The van der Waals surface area contributed by atoms with Crippen LogP contribution in [0.2, 0.25) is 5.02 Å². The summed E-state index contributed by atoms with van der Waals surface area (Å²) in [4.78, 5) is 0. The Morgan fingerprint density at radius 1 is 1.00 bits per heavy atom. The van der Waals surface area contributed by atoms with Gasteiger partial charge >= 0.3 is 0 Å². The van der Waals surface area contributed by atoms with E-state index in [0.29, 0.717) is 18.3 Å². The monoisotopic (exact) mass is 462 g/mol. The van der Waals surface area contributed by atoms with Crippen LogP contribution in [0.15, 0.2) is 24.3 Å². The molecule has 0 radical (unpaired) electrons. The molecule has 1 aromatic carbocycles. The van der Waals surface area contributed by atoms with Crippen molar-refractivity contribution < 1.29 is 9.13 Å². The molecule has 1 aromatic rings. The van der Waals surface area contributed by atoms with E-state index >= 15 is 4.39 Å². The molecule has 180 valence electrons. The third kappa shape index (κ3) is 7.79. The average Bonchev–Trinajstić information content (AvgIpc) is 2.81. The van der Waals surface area contributed by atoms with Gasteiger partial charge < -0.3 is 4.74 Å². The molecule has 0 atom stereocenters. The van der Waals surface area contributed by atoms with Gasteiger partial charge in [-0.3, -0.25) is 0 Å². The van der Waals surface area contributed by atoms with Gasteiger partial charge in [0.2, 0.25) is 0 Å². The van der Waals surface area contributed by atoms with E-state index in [0.717, 1.165) is 49.0 Å². The molecule has 0 spiro atoms. The fraction of sp³-hybridized carbons (Fsp3) is 0.724. The molecule has 1 nitrogen and oxygen atoms in total. The molecule has 0 saturated heterocycles. The van der Waals surface area contributed by atoms with Crippen LogP contribution in [0.4, 0.5) is 4.39 Å². The first-order chi connectivity index (χ1) is 15.6. The number of allylic oxidation sites excluding steroid dienone is 2. The highest BCUT2D eigenvalue weighted by molar-refractivity contribution is 6.32. The van der Waals surface area contributed by atoms with E-state index in [1.807, 2.05) is 12.1 Å². The zero-order chi connectivity index (χ0) is 22.8. The second-order valence-corrected chi connectivity index (χ2v) is 10.8. The molecule has 0 amide bonds. The van der Waals surface area contributed by atoms with Gasteiger partial charge in [-0.1, -0.05) is 75.8 Å². The summed E-state index contributed by atoms with van der Waals surface area (Å²) in [6.45, 7) is 5.18. The van der Waals surface area contributed by atoms with Crippen molar-refractivity contribution in [3.05, 3.63) is 40.7 Å². The van der Waals surface area contributed by atoms with Gasteiger partial charge in [-0.05, 0) is 93.1 Å². The molecule has 2 saturated carbocycles. The molecule has 3 rings (SSSR count). The summed E-state index contributed by atoms with van der Waals surface area (Å²) in [6, 6.07) is 3.80. The molecule has 2 fully saturated rings. The van der Waals surface area contributed by atoms with Crippen molar-refractivity contribution in [2.24, 2.45) is 17.8 Å². The summed E-state index contributed by atoms with van der Waals surface area (Å²) in [5.74, 6) is 3.06. The van der Waals surface area contributed by atoms with Crippen LogP contribution in [-0.4, -0.2) is 6.61 Å². The maximum Gasteiger partial charge on any atom is 0.149 e. The molecule has 0 unspecified atom stereocenters. The van der Waals surface area contributed by atoms with Crippen LogP contribution in [-0.2, 0) is 0 Å². The van der Waals surface area contributed by atoms with Gasteiger partial charge in [-0.25, -0.2) is 4.39 Å². The molecule has 0 bridgehead atoms. The quantitative estimate of drug-likeness (QED) is 0.235. The summed E-state index contributed by atoms with van der Waals surface area (Å²) in [5, 5.41) is 0.169. The third-order valence-electron chi connectivity index (χ3n) is 7.83. The van der Waals surface area contributed by atoms with Crippen LogP contribution < -0.4 is 4.74 Å². The minimum Gasteiger partial charge on any atom is -0.492 e. The third-order valence-corrected chi connectivity index (χ3v) is 8.18. The second kappa shape index (κ2) is 13.6. The average molecular weight is 463 g/mol. The molecule has 0 N–H and O–H groups in total. The van der Waals surface area contributed by atoms with E-state index < -0.39 is 0 Å². The number of hydrogen-bond donors (Lipinski definition) is 0. The van der Waals surface area contributed by atoms with Gasteiger partial charge in [0.15, 0.2) is 0 Å². The van der Waals surface area contributed by atoms with Crippen molar-refractivity contribution >= 4 is 11.6 Å². The molecule has 2 aliphatic carbocycles. The molecule has 2 aliphatic rings. The van der Waals surface area contributed by atoms with Crippen LogP contribution in [0.5, 0.6) is 5.75 Å². The van der Waals surface area contributed by atoms with Gasteiger partial charge in [0, 0.05) is 0 Å². The van der Waals surface area contributed by atoms with Crippen molar-refractivity contribution in [2.75, 3.05) is 6.61 Å². The van der Waals surface area contributed by atoms with E-state index in [4.69, 9.17) is 16.3 Å². The first-order valence-corrected chi connectivity index (χ1v) is 13.7. The summed E-state index contributed by atoms with van der Waals surface area (Å²) < 4.78 is 20.8. The number of halogens is 2. The van der Waals surface area contributed by atoms with E-state index in [-0.39, 0.29) is 10.8 Å². The molecule has 0 aliphatic heterocycles. The minimum absolute atomic E-state index is 0.169. The van der Waals surface area contributed by atoms with Crippen molar-refractivity contribution in [2.45, 2.75) is 110 Å². The maximum absolute atomic E-state index is 15.0. The Hall–Kier alpha value is -1.02. The maximum atomic E-state index is 15.0. The van der Waals surface area contributed by atoms with Crippen molar-refractivity contribution in [1.82, 2.24) is 0 Å². The van der Waals surface area contributed by atoms with E-state index in [2.05, 4.69) is 26.0 Å². The molecular weight excluding hydrogens is 419 g/mol. The first kappa shape index (κ1) is 25.6. The van der Waals surface area contributed by atoms with E-state index in [1.54, 1.807) is 0 Å². The molecular formula is C29H44ClFO. The summed E-state index contributed by atoms with van der Waals surface area (Å²) in [6.07, 6.45) is 22.0. The highest BCUT2D eigenvalue weighted by atomic mass is 35.5. The lowest BCUT2D eigenvalue weighted by atomic mass is 9.77. The fourth-order valence-electron chi connectivity index (χ4n) is 5.55. The highest BCUT2D eigenvalue weighted by Crippen LogP contribution is 2.41. The fourth-order valence-corrected chi connectivity index (χ4v) is 5.77. The van der Waals surface area contributed by atoms with Gasteiger partial charge in [0.1, 0.15) is 16.6 Å². The topological polar surface area (TPSA) is 9.23 Å². The molecule has 0 heterocycles. The van der Waals surface area contributed by atoms with Gasteiger partial charge in [0.05, 0.1) is 6.61 Å². The van der Waals surface area contributed by atoms with Crippen LogP contribution in [0.3, 0.4) is 0 Å². The number of hydrogen-bond acceptors (Lipinski definition) is 1. The Morgan fingerprint density at radius 3 is 2.47 bits per heavy atom. The van der Waals surface area contributed by atoms with E-state index in [9.17, 15) is 0 Å². The van der Waals surface area contributed by atoms with Gasteiger partial charge in [-0.15, -0.1) is 0 Å². The summed E-state index contributed by atoms with van der Waals surface area (Å²) >= 11 is 6.34. The smallest absolute Gasteiger partial charge is 0.149 e. The number of rotatable bonds is 11. The standard InChI is InChI=1S/C29H44ClFO/c1-3-4-5-8-21-32-27-20-19-26(29(31)28(27)30)25-17-15-24(16-18-25)10-7-6-9-23-13-11-22(2)12-14-23/h6,9,19-20,22-25H,3-5,7-8,10-18,21H2,1-2H3. The molecule has 3 heteroatoms. The Bertz CT molecular complexity index is 699. The van der Waals surface area contributed by atoms with E-state index in [1.165, 1.54) is 64.2 Å². The Morgan fingerprint density at radius 2 is 1.75 bits per heavy atom. The highest BCUT2D eigenvalue weighted by Gasteiger charge is 2.26. The Kier molecular flexibility index (Phi) is 10.9. The predicted molar refractivity (Wildman–Crippen MR) is 135 cm³/mol. The summed E-state index contributed by atoms with van der Waals surface area (Å²) in [5.41, 5.74) is 0.790. The van der Waals surface area contributed by atoms with Crippen molar-refractivity contribution in [3.63, 3.8) is 0 Å². The minimum atomic E-state index is -0.258. The molecule has 0 aromatic heterocycles. The van der Waals surface area contributed by atoms with Crippen molar-refractivity contribution in [1.29, 1.82) is 0 Å². The Labute approximate surface area is 201 Å². The molecule has 32 heavy (non-hydrogen) atoms. The normalized spacial score (nSPS) is 26.5. The van der Waals surface area contributed by atoms with Crippen LogP contribution in [0.1, 0.15) is 115 Å². The van der Waals surface area contributed by atoms with Crippen LogP contribution in [0, 0.1) is 23.6 Å². The number of benzene rings is 1. The SMILES string of the molecule is CCCCCCOc1ccc(C2CCC(CCC=CC3CCC(C)CC3)CC2)c(F)c1Cl. The van der Waals surface area contributed by atoms with Crippen LogP contribution >= 0.6 is 11.6 Å². The lowest BCUT2D eigenvalue weighted by Gasteiger charge is -2.29. The lowest BCUT2D eigenvalue weighted by molar-refractivity contribution is 0.299. The zero-order valence-corrected chi connectivity index (χ0v) is 21.1. The van der Waals surface area contributed by atoms with Crippen LogP contribution in [0.25, 0.3) is 0 Å². The van der Waals surface area contributed by atoms with Crippen molar-refractivity contribution in [3.8, 4) is 5.75 Å². The first-order valence-electron chi connectivity index (χ1n) is 13.4. The predicted octanol–water partition coefficient (Wildman–Crippen LogP) is 9.87. The largest absolute Gasteiger partial charge is 0.492 e. The number of ether oxygens (including phenoxy) is 1.